The number of thiophene rings is 1. The Balaban J connectivity index is 0.00000121. The van der Waals surface area contributed by atoms with E-state index in [4.69, 9.17) is 17.3 Å². The first kappa shape index (κ1) is 12.6. The number of hydrogen-bond acceptors (Lipinski definition) is 3. The topological polar surface area (TPSA) is 26.0 Å². The summed E-state index contributed by atoms with van der Waals surface area (Å²) in [6.07, 6.45) is 0. The Labute approximate surface area is 92.1 Å². The van der Waals surface area contributed by atoms with Crippen LogP contribution in [0.2, 0.25) is 4.34 Å². The molecule has 0 saturated carbocycles. The maximum atomic E-state index is 5.76. The second kappa shape index (κ2) is 7.04. The van der Waals surface area contributed by atoms with Crippen molar-refractivity contribution in [1.29, 1.82) is 0 Å². The van der Waals surface area contributed by atoms with Crippen molar-refractivity contribution < 1.29 is 0 Å². The zero-order valence-electron chi connectivity index (χ0n) is 6.46. The quantitative estimate of drug-likeness (QED) is 0.824. The molecule has 0 aliphatic carbocycles. The molecule has 0 fully saturated rings. The van der Waals surface area contributed by atoms with Gasteiger partial charge in [0.2, 0.25) is 0 Å². The lowest BCUT2D eigenvalue weighted by Crippen LogP contribution is -2.00. The average molecular weight is 244 g/mol. The van der Waals surface area contributed by atoms with Crippen molar-refractivity contribution in [3.8, 4) is 0 Å². The average Bonchev–Trinajstić information content (AvgIpc) is 2.37. The highest BCUT2D eigenvalue weighted by Gasteiger charge is 1.96. The second-order valence-corrected chi connectivity index (χ2v) is 4.95. The predicted molar refractivity (Wildman–Crippen MR) is 61.8 cm³/mol. The molecule has 1 rings (SSSR count). The number of hydrogen-bond donors (Lipinski definition) is 1. The van der Waals surface area contributed by atoms with Crippen LogP contribution in [0.4, 0.5) is 0 Å². The lowest BCUT2D eigenvalue weighted by atomic mass is 10.5. The van der Waals surface area contributed by atoms with Crippen LogP contribution in [0, 0.1) is 0 Å². The Hall–Kier alpha value is 0.590. The normalized spacial score (nSPS) is 9.50. The van der Waals surface area contributed by atoms with Crippen LogP contribution in [0.1, 0.15) is 4.88 Å². The highest BCUT2D eigenvalue weighted by atomic mass is 35.5. The van der Waals surface area contributed by atoms with Gasteiger partial charge in [0.1, 0.15) is 0 Å². The summed E-state index contributed by atoms with van der Waals surface area (Å²) in [7, 11) is 0. The highest BCUT2D eigenvalue weighted by molar-refractivity contribution is 7.98. The van der Waals surface area contributed by atoms with Crippen molar-refractivity contribution in [3.05, 3.63) is 21.3 Å². The Morgan fingerprint density at radius 1 is 1.50 bits per heavy atom. The molecule has 1 nitrogen and oxygen atoms in total. The van der Waals surface area contributed by atoms with Gasteiger partial charge >= 0.3 is 0 Å². The van der Waals surface area contributed by atoms with E-state index in [0.29, 0.717) is 0 Å². The van der Waals surface area contributed by atoms with Gasteiger partial charge in [0.25, 0.3) is 0 Å². The van der Waals surface area contributed by atoms with Crippen LogP contribution in [0.5, 0.6) is 0 Å². The van der Waals surface area contributed by atoms with Crippen LogP contribution in [0.3, 0.4) is 0 Å². The summed E-state index contributed by atoms with van der Waals surface area (Å²) in [5, 5.41) is 0. The van der Waals surface area contributed by atoms with Crippen molar-refractivity contribution in [1.82, 2.24) is 0 Å². The summed E-state index contributed by atoms with van der Waals surface area (Å²) in [4.78, 5) is 1.33. The monoisotopic (exact) mass is 243 g/mol. The first-order valence-electron chi connectivity index (χ1n) is 3.35. The van der Waals surface area contributed by atoms with Crippen LogP contribution in [0.25, 0.3) is 0 Å². The highest BCUT2D eigenvalue weighted by Crippen LogP contribution is 2.24. The number of rotatable bonds is 4. The molecule has 0 saturated heterocycles. The van der Waals surface area contributed by atoms with Gasteiger partial charge in [0, 0.05) is 22.9 Å². The van der Waals surface area contributed by atoms with Gasteiger partial charge in [0.05, 0.1) is 4.34 Å². The fraction of sp³-hybridized carbons (Fsp3) is 0.429. The fourth-order valence-corrected chi connectivity index (χ4v) is 2.66. The van der Waals surface area contributed by atoms with Crippen LogP contribution < -0.4 is 5.73 Å². The molecule has 12 heavy (non-hydrogen) atoms. The van der Waals surface area contributed by atoms with Crippen LogP contribution in [-0.2, 0) is 5.75 Å². The maximum absolute atomic E-state index is 5.76. The summed E-state index contributed by atoms with van der Waals surface area (Å²) in [6, 6.07) is 4.00. The molecule has 5 heteroatoms. The number of thioether (sulfide) groups is 1. The molecule has 0 amide bonds. The molecule has 2 N–H and O–H groups in total. The zero-order valence-corrected chi connectivity index (χ0v) is 9.66. The second-order valence-electron chi connectivity index (χ2n) is 2.05. The SMILES string of the molecule is Cl.NCCSCc1ccc(Cl)s1. The Morgan fingerprint density at radius 2 is 2.25 bits per heavy atom. The van der Waals surface area contributed by atoms with E-state index in [-0.39, 0.29) is 12.4 Å². The van der Waals surface area contributed by atoms with E-state index in [2.05, 4.69) is 6.07 Å². The fourth-order valence-electron chi connectivity index (χ4n) is 0.685. The standard InChI is InChI=1S/C7H10ClNS2.ClH/c8-7-2-1-6(11-7)5-10-4-3-9;/h1-2H,3-5,9H2;1H. The van der Waals surface area contributed by atoms with Gasteiger partial charge in [-0.25, -0.2) is 0 Å². The molecule has 1 heterocycles. The number of halogens is 2. The molecule has 0 atom stereocenters. The van der Waals surface area contributed by atoms with E-state index in [1.54, 1.807) is 11.3 Å². The molecule has 0 bridgehead atoms. The molecule has 70 valence electrons. The molecule has 0 unspecified atom stereocenters. The summed E-state index contributed by atoms with van der Waals surface area (Å²) in [6.45, 7) is 0.754. The first-order valence-corrected chi connectivity index (χ1v) is 5.70. The Morgan fingerprint density at radius 3 is 2.75 bits per heavy atom. The van der Waals surface area contributed by atoms with Crippen molar-refractivity contribution in [2.24, 2.45) is 5.73 Å². The maximum Gasteiger partial charge on any atom is 0.0931 e. The van der Waals surface area contributed by atoms with Crippen molar-refractivity contribution >= 4 is 47.1 Å². The lowest BCUT2D eigenvalue weighted by Gasteiger charge is -1.94. The largest absolute Gasteiger partial charge is 0.330 e. The Bertz CT molecular complexity index is 215. The van der Waals surface area contributed by atoms with Crippen LogP contribution in [-0.4, -0.2) is 12.3 Å². The van der Waals surface area contributed by atoms with Gasteiger partial charge in [-0.05, 0) is 12.1 Å². The van der Waals surface area contributed by atoms with E-state index in [1.165, 1.54) is 4.88 Å². The molecule has 0 aliphatic heterocycles. The third-order valence-corrected chi connectivity index (χ3v) is 3.59. The van der Waals surface area contributed by atoms with Gasteiger partial charge < -0.3 is 5.73 Å². The first-order chi connectivity index (χ1) is 5.33. The van der Waals surface area contributed by atoms with Gasteiger partial charge in [-0.15, -0.1) is 23.7 Å². The minimum absolute atomic E-state index is 0. The van der Waals surface area contributed by atoms with Gasteiger partial charge in [0.15, 0.2) is 0 Å². The van der Waals surface area contributed by atoms with E-state index < -0.39 is 0 Å². The van der Waals surface area contributed by atoms with Gasteiger partial charge in [-0.3, -0.25) is 0 Å². The molecular formula is C7H11Cl2NS2. The summed E-state index contributed by atoms with van der Waals surface area (Å²) >= 11 is 9.25. The molecule has 1 aromatic rings. The summed E-state index contributed by atoms with van der Waals surface area (Å²) < 4.78 is 0.869. The third kappa shape index (κ3) is 4.58. The molecule has 0 aromatic carbocycles. The van der Waals surface area contributed by atoms with Crippen molar-refractivity contribution in [2.75, 3.05) is 12.3 Å². The van der Waals surface area contributed by atoms with Crippen molar-refractivity contribution in [3.63, 3.8) is 0 Å². The Kier molecular flexibility index (Phi) is 7.38. The van der Waals surface area contributed by atoms with Crippen molar-refractivity contribution in [2.45, 2.75) is 5.75 Å². The minimum Gasteiger partial charge on any atom is -0.330 e. The summed E-state index contributed by atoms with van der Waals surface area (Å²) in [5.74, 6) is 2.06. The zero-order chi connectivity index (χ0) is 8.10. The van der Waals surface area contributed by atoms with Gasteiger partial charge in [-0.2, -0.15) is 11.8 Å². The lowest BCUT2D eigenvalue weighted by molar-refractivity contribution is 1.15. The number of nitrogens with two attached hydrogens (primary N) is 1. The smallest absolute Gasteiger partial charge is 0.0931 e. The van der Waals surface area contributed by atoms with E-state index >= 15 is 0 Å². The van der Waals surface area contributed by atoms with E-state index in [0.717, 1.165) is 22.4 Å². The minimum atomic E-state index is 0. The van der Waals surface area contributed by atoms with E-state index in [9.17, 15) is 0 Å². The summed E-state index contributed by atoms with van der Waals surface area (Å²) in [5.41, 5.74) is 5.35. The third-order valence-electron chi connectivity index (χ3n) is 1.14. The van der Waals surface area contributed by atoms with E-state index in [1.807, 2.05) is 17.8 Å². The molecule has 0 aliphatic rings. The molecular weight excluding hydrogens is 233 g/mol. The van der Waals surface area contributed by atoms with Crippen LogP contribution >= 0.6 is 47.1 Å². The van der Waals surface area contributed by atoms with Gasteiger partial charge in [-0.1, -0.05) is 11.6 Å². The predicted octanol–water partition coefficient (Wildman–Crippen LogP) is 3.02. The molecule has 0 spiro atoms. The molecule has 0 radical (unpaired) electrons. The molecule has 1 aromatic heterocycles. The van der Waals surface area contributed by atoms with Crippen LogP contribution in [0.15, 0.2) is 12.1 Å².